The van der Waals surface area contributed by atoms with E-state index in [-0.39, 0.29) is 6.15 Å². The average Bonchev–Trinajstić information content (AvgIpc) is 2.33. The highest BCUT2D eigenvalue weighted by molar-refractivity contribution is 6.17. The normalized spacial score (nSPS) is 9.56. The molecule has 0 aliphatic rings. The first-order valence-corrected chi connectivity index (χ1v) is 6.10. The Hall–Kier alpha value is -1.32. The number of halogens is 1. The molecule has 0 aliphatic heterocycles. The maximum atomic E-state index is 11.3. The van der Waals surface area contributed by atoms with Gasteiger partial charge in [0, 0.05) is 11.6 Å². The zero-order valence-electron chi connectivity index (χ0n) is 11.2. The molecule has 0 aliphatic carbocycles. The second-order valence-electron chi connectivity index (χ2n) is 3.90. The van der Waals surface area contributed by atoms with Gasteiger partial charge in [0.15, 0.2) is 0 Å². The van der Waals surface area contributed by atoms with Crippen LogP contribution >= 0.6 is 11.6 Å². The quantitative estimate of drug-likeness (QED) is 0.391. The Bertz CT molecular complexity index is 456. The van der Waals surface area contributed by atoms with Crippen molar-refractivity contribution < 1.29 is 9.53 Å². The van der Waals surface area contributed by atoms with Crippen LogP contribution in [-0.4, -0.2) is 5.97 Å². The number of ether oxygens (including phenoxy) is 1. The van der Waals surface area contributed by atoms with Crippen LogP contribution in [0, 0.1) is 13.8 Å². The standard InChI is InChI=1S/C14H17ClO2.H3N/c1-5-12-10(4)9(3)7-11(8-15)14(12)17-13(16)6-2;/h6-7H,2,5,8H2,1,3-4H3;1H3. The molecule has 0 bridgehead atoms. The Kier molecular flexibility index (Phi) is 6.66. The van der Waals surface area contributed by atoms with E-state index in [2.05, 4.69) is 6.58 Å². The van der Waals surface area contributed by atoms with E-state index in [1.54, 1.807) is 0 Å². The van der Waals surface area contributed by atoms with Crippen molar-refractivity contribution in [3.8, 4) is 5.75 Å². The van der Waals surface area contributed by atoms with Gasteiger partial charge in [-0.1, -0.05) is 19.6 Å². The molecule has 3 nitrogen and oxygen atoms in total. The molecule has 0 fully saturated rings. The van der Waals surface area contributed by atoms with Crippen molar-refractivity contribution in [2.24, 2.45) is 0 Å². The molecule has 0 saturated carbocycles. The molecule has 1 rings (SSSR count). The fourth-order valence-electron chi connectivity index (χ4n) is 1.83. The van der Waals surface area contributed by atoms with E-state index < -0.39 is 5.97 Å². The van der Waals surface area contributed by atoms with Crippen LogP contribution in [0.5, 0.6) is 5.75 Å². The smallest absolute Gasteiger partial charge is 0.335 e. The maximum Gasteiger partial charge on any atom is 0.335 e. The molecular weight excluding hydrogens is 250 g/mol. The van der Waals surface area contributed by atoms with Crippen molar-refractivity contribution in [3.05, 3.63) is 41.0 Å². The number of esters is 1. The SMILES string of the molecule is C=CC(=O)Oc1c(CCl)cc(C)c(C)c1CC.N. The summed E-state index contributed by atoms with van der Waals surface area (Å²) >= 11 is 5.89. The monoisotopic (exact) mass is 269 g/mol. The number of benzene rings is 1. The zero-order valence-corrected chi connectivity index (χ0v) is 11.9. The minimum absolute atomic E-state index is 0. The molecule has 0 radical (unpaired) electrons. The van der Waals surface area contributed by atoms with E-state index in [0.29, 0.717) is 11.6 Å². The van der Waals surface area contributed by atoms with E-state index in [1.807, 2.05) is 26.8 Å². The summed E-state index contributed by atoms with van der Waals surface area (Å²) in [5, 5.41) is 0. The summed E-state index contributed by atoms with van der Waals surface area (Å²) in [5.41, 5.74) is 4.20. The maximum absolute atomic E-state index is 11.3. The van der Waals surface area contributed by atoms with Crippen molar-refractivity contribution in [3.63, 3.8) is 0 Å². The third-order valence-corrected chi connectivity index (χ3v) is 3.16. The van der Waals surface area contributed by atoms with Crippen molar-refractivity contribution in [1.29, 1.82) is 0 Å². The van der Waals surface area contributed by atoms with Crippen LogP contribution in [0.4, 0.5) is 0 Å². The van der Waals surface area contributed by atoms with Crippen LogP contribution < -0.4 is 10.9 Å². The third kappa shape index (κ3) is 3.34. The largest absolute Gasteiger partial charge is 0.423 e. The summed E-state index contributed by atoms with van der Waals surface area (Å²) in [7, 11) is 0. The lowest BCUT2D eigenvalue weighted by atomic mass is 9.97. The Labute approximate surface area is 113 Å². The van der Waals surface area contributed by atoms with E-state index in [0.717, 1.165) is 34.8 Å². The Morgan fingerprint density at radius 2 is 2.11 bits per heavy atom. The van der Waals surface area contributed by atoms with E-state index in [1.165, 1.54) is 0 Å². The van der Waals surface area contributed by atoms with Crippen molar-refractivity contribution in [1.82, 2.24) is 6.15 Å². The zero-order chi connectivity index (χ0) is 13.0. The van der Waals surface area contributed by atoms with Crippen LogP contribution in [-0.2, 0) is 17.1 Å². The molecule has 1 aromatic carbocycles. The van der Waals surface area contributed by atoms with Gasteiger partial charge in [-0.25, -0.2) is 4.79 Å². The average molecular weight is 270 g/mol. The highest BCUT2D eigenvalue weighted by atomic mass is 35.5. The first-order chi connectivity index (χ1) is 8.04. The summed E-state index contributed by atoms with van der Waals surface area (Å²) in [5.74, 6) is 0.471. The highest BCUT2D eigenvalue weighted by Crippen LogP contribution is 2.31. The van der Waals surface area contributed by atoms with Gasteiger partial charge in [0.05, 0.1) is 5.88 Å². The Morgan fingerprint density at radius 1 is 1.50 bits per heavy atom. The minimum Gasteiger partial charge on any atom is -0.423 e. The second-order valence-corrected chi connectivity index (χ2v) is 4.16. The molecule has 18 heavy (non-hydrogen) atoms. The molecule has 1 aromatic rings. The molecule has 0 heterocycles. The Balaban J connectivity index is 0.00000289. The predicted octanol–water partition coefficient (Wildman–Crippen LogP) is 3.86. The number of carbonyl (C=O) groups is 1. The molecule has 3 N–H and O–H groups in total. The summed E-state index contributed by atoms with van der Waals surface area (Å²) < 4.78 is 5.30. The summed E-state index contributed by atoms with van der Waals surface area (Å²) in [6.45, 7) is 9.49. The molecule has 0 saturated heterocycles. The number of hydrogen-bond donors (Lipinski definition) is 1. The molecule has 0 unspecified atom stereocenters. The van der Waals surface area contributed by atoms with Crippen molar-refractivity contribution >= 4 is 17.6 Å². The van der Waals surface area contributed by atoms with Crippen LogP contribution in [0.3, 0.4) is 0 Å². The fraction of sp³-hybridized carbons (Fsp3) is 0.357. The van der Waals surface area contributed by atoms with Gasteiger partial charge in [-0.05, 0) is 37.0 Å². The fourth-order valence-corrected chi connectivity index (χ4v) is 2.03. The lowest BCUT2D eigenvalue weighted by Gasteiger charge is -2.16. The summed E-state index contributed by atoms with van der Waals surface area (Å²) in [6.07, 6.45) is 1.96. The molecule has 0 amide bonds. The summed E-state index contributed by atoms with van der Waals surface area (Å²) in [4.78, 5) is 11.3. The van der Waals surface area contributed by atoms with Gasteiger partial charge in [0.2, 0.25) is 0 Å². The lowest BCUT2D eigenvalue weighted by Crippen LogP contribution is -2.09. The van der Waals surface area contributed by atoms with Gasteiger partial charge in [0.1, 0.15) is 5.75 Å². The number of hydrogen-bond acceptors (Lipinski definition) is 3. The first-order valence-electron chi connectivity index (χ1n) is 5.57. The Morgan fingerprint density at radius 3 is 2.56 bits per heavy atom. The number of aryl methyl sites for hydroxylation is 1. The van der Waals surface area contributed by atoms with Crippen LogP contribution in [0.2, 0.25) is 0 Å². The second kappa shape index (κ2) is 7.19. The predicted molar refractivity (Wildman–Crippen MR) is 75.7 cm³/mol. The lowest BCUT2D eigenvalue weighted by molar-refractivity contribution is -0.129. The van der Waals surface area contributed by atoms with E-state index >= 15 is 0 Å². The number of alkyl halides is 1. The summed E-state index contributed by atoms with van der Waals surface area (Å²) in [6, 6.07) is 1.97. The van der Waals surface area contributed by atoms with Crippen molar-refractivity contribution in [2.45, 2.75) is 33.1 Å². The van der Waals surface area contributed by atoms with E-state index in [9.17, 15) is 4.79 Å². The number of carbonyl (C=O) groups excluding carboxylic acids is 1. The molecule has 0 atom stereocenters. The molecule has 0 spiro atoms. The molecular formula is C14H20ClNO2. The van der Waals surface area contributed by atoms with Gasteiger partial charge in [-0.2, -0.15) is 0 Å². The topological polar surface area (TPSA) is 61.3 Å². The van der Waals surface area contributed by atoms with Gasteiger partial charge >= 0.3 is 5.97 Å². The van der Waals surface area contributed by atoms with Gasteiger partial charge in [-0.3, -0.25) is 0 Å². The molecule has 0 aromatic heterocycles. The van der Waals surface area contributed by atoms with Gasteiger partial charge < -0.3 is 10.9 Å². The van der Waals surface area contributed by atoms with E-state index in [4.69, 9.17) is 16.3 Å². The van der Waals surface area contributed by atoms with Gasteiger partial charge in [-0.15, -0.1) is 11.6 Å². The van der Waals surface area contributed by atoms with Crippen LogP contribution in [0.15, 0.2) is 18.7 Å². The number of rotatable bonds is 4. The van der Waals surface area contributed by atoms with Gasteiger partial charge in [0.25, 0.3) is 0 Å². The van der Waals surface area contributed by atoms with Crippen LogP contribution in [0.25, 0.3) is 0 Å². The first kappa shape index (κ1) is 16.7. The highest BCUT2D eigenvalue weighted by Gasteiger charge is 2.15. The minimum atomic E-state index is -0.450. The molecule has 100 valence electrons. The molecule has 4 heteroatoms. The van der Waals surface area contributed by atoms with Crippen molar-refractivity contribution in [2.75, 3.05) is 0 Å². The third-order valence-electron chi connectivity index (χ3n) is 2.87. The van der Waals surface area contributed by atoms with Crippen LogP contribution in [0.1, 0.15) is 29.2 Å².